The lowest BCUT2D eigenvalue weighted by Crippen LogP contribution is -2.46. The van der Waals surface area contributed by atoms with Gasteiger partial charge in [-0.15, -0.1) is 0 Å². The van der Waals surface area contributed by atoms with E-state index in [0.29, 0.717) is 11.5 Å². The quantitative estimate of drug-likeness (QED) is 0.112. The Morgan fingerprint density at radius 1 is 1.14 bits per heavy atom. The van der Waals surface area contributed by atoms with E-state index in [9.17, 15) is 19.7 Å². The van der Waals surface area contributed by atoms with E-state index in [4.69, 9.17) is 4.74 Å². The van der Waals surface area contributed by atoms with Crippen molar-refractivity contribution in [1.82, 2.24) is 0 Å². The molecule has 0 aromatic heterocycles. The molecule has 0 bridgehead atoms. The second kappa shape index (κ2) is 12.0. The first kappa shape index (κ1) is 27.1. The number of carbonyl (C=O) groups is 2. The molecule has 0 unspecified atom stereocenters. The van der Waals surface area contributed by atoms with Crippen molar-refractivity contribution in [1.29, 1.82) is 0 Å². The summed E-state index contributed by atoms with van der Waals surface area (Å²) in [5.41, 5.74) is 2.76. The van der Waals surface area contributed by atoms with Gasteiger partial charge in [-0.05, 0) is 63.5 Å². The van der Waals surface area contributed by atoms with E-state index < -0.39 is 16.9 Å². The fraction of sp³-hybridized carbons (Fsp3) is 0.448. The number of methoxy groups -OCH3 is 1. The molecule has 0 radical (unpaired) electrons. The number of carbonyl (C=O) groups excluding carboxylic acids is 2. The van der Waals surface area contributed by atoms with Crippen LogP contribution in [0.4, 0.5) is 5.69 Å². The van der Waals surface area contributed by atoms with Crippen LogP contribution in [-0.4, -0.2) is 30.1 Å². The van der Waals surface area contributed by atoms with Crippen molar-refractivity contribution in [3.63, 3.8) is 0 Å². The summed E-state index contributed by atoms with van der Waals surface area (Å²) < 4.78 is 10.7. The van der Waals surface area contributed by atoms with Crippen LogP contribution in [0.3, 0.4) is 0 Å². The third-order valence-corrected chi connectivity index (χ3v) is 7.61. The molecule has 0 saturated heterocycles. The Kier molecular flexibility index (Phi) is 9.02. The van der Waals surface area contributed by atoms with Gasteiger partial charge in [-0.25, -0.2) is 9.59 Å². The highest BCUT2D eigenvalue weighted by atomic mass is 16.6. The number of hydrogen-bond donors (Lipinski definition) is 0. The fourth-order valence-corrected chi connectivity index (χ4v) is 5.77. The first-order chi connectivity index (χ1) is 17.2. The first-order valence-electron chi connectivity index (χ1n) is 12.4. The number of non-ortho nitro benzene ring substituents is 1. The molecule has 0 spiro atoms. The Morgan fingerprint density at radius 2 is 1.83 bits per heavy atom. The summed E-state index contributed by atoms with van der Waals surface area (Å²) in [7, 11) is 1.35. The predicted molar refractivity (Wildman–Crippen MR) is 138 cm³/mol. The molecule has 2 aliphatic rings. The average molecular weight is 494 g/mol. The van der Waals surface area contributed by atoms with Gasteiger partial charge in [0, 0.05) is 30.0 Å². The lowest BCUT2D eigenvalue weighted by molar-refractivity contribution is -0.384. The normalized spacial score (nSPS) is 28.5. The van der Waals surface area contributed by atoms with Gasteiger partial charge in [0.15, 0.2) is 0 Å². The van der Waals surface area contributed by atoms with Crippen molar-refractivity contribution in [2.24, 2.45) is 29.6 Å². The van der Waals surface area contributed by atoms with E-state index in [1.165, 1.54) is 48.6 Å². The molecule has 7 heteroatoms. The molecule has 0 amide bonds. The van der Waals surface area contributed by atoms with E-state index in [0.717, 1.165) is 12.8 Å². The molecule has 6 atom stereocenters. The zero-order valence-corrected chi connectivity index (χ0v) is 21.5. The number of nitro groups is 1. The molecule has 2 aliphatic carbocycles. The van der Waals surface area contributed by atoms with Crippen molar-refractivity contribution < 1.29 is 24.0 Å². The Bertz CT molecular complexity index is 1100. The second-order valence-electron chi connectivity index (χ2n) is 9.72. The van der Waals surface area contributed by atoms with Crippen LogP contribution in [0.5, 0.6) is 0 Å². The van der Waals surface area contributed by atoms with Gasteiger partial charge in [0.2, 0.25) is 0 Å². The number of nitrogens with zero attached hydrogens (tertiary/aromatic N) is 1. The lowest BCUT2D eigenvalue weighted by Gasteiger charge is -2.49. The van der Waals surface area contributed by atoms with Crippen LogP contribution < -0.4 is 0 Å². The van der Waals surface area contributed by atoms with Crippen LogP contribution in [-0.2, 0) is 14.3 Å². The lowest BCUT2D eigenvalue weighted by atomic mass is 9.57. The number of rotatable bonds is 7. The van der Waals surface area contributed by atoms with Crippen LogP contribution in [0.2, 0.25) is 0 Å². The summed E-state index contributed by atoms with van der Waals surface area (Å²) in [5, 5.41) is 10.9. The number of ether oxygens (including phenoxy) is 2. The van der Waals surface area contributed by atoms with E-state index in [1.807, 2.05) is 13.0 Å². The molecule has 3 rings (SSSR count). The average Bonchev–Trinajstić information content (AvgIpc) is 2.87. The number of esters is 2. The van der Waals surface area contributed by atoms with Gasteiger partial charge >= 0.3 is 11.9 Å². The minimum atomic E-state index is -0.491. The number of nitro benzene ring substituents is 1. The third kappa shape index (κ3) is 6.01. The number of benzene rings is 1. The standard InChI is InChI=1S/C29H35NO6/c1-6-18(2)27-20(4)17-24-25(36-29(32)21-12-14-22(15-13-21)30(33)34)16-11-19(3)28(24)23(27)9-7-8-10-26(31)35-5/h6-10,12-15,17,19,23-25,27-28H,11,16H2,1-5H3/b9-7+,10-8+,18-6+/t19-,23+,24+,25-,27+,28-/m1/s1. The molecule has 0 aliphatic heterocycles. The highest BCUT2D eigenvalue weighted by Crippen LogP contribution is 2.51. The molecule has 1 fully saturated rings. The minimum absolute atomic E-state index is 0.0518. The summed E-state index contributed by atoms with van der Waals surface area (Å²) in [6.07, 6.45) is 13.0. The van der Waals surface area contributed by atoms with Gasteiger partial charge in [0.25, 0.3) is 5.69 Å². The Morgan fingerprint density at radius 3 is 2.44 bits per heavy atom. The van der Waals surface area contributed by atoms with Gasteiger partial charge in [0.05, 0.1) is 17.6 Å². The molecular weight excluding hydrogens is 458 g/mol. The summed E-state index contributed by atoms with van der Waals surface area (Å²) in [6.45, 7) is 8.58. The van der Waals surface area contributed by atoms with Crippen LogP contribution in [0.25, 0.3) is 0 Å². The zero-order valence-electron chi connectivity index (χ0n) is 21.5. The monoisotopic (exact) mass is 493 g/mol. The van der Waals surface area contributed by atoms with Crippen molar-refractivity contribution >= 4 is 17.6 Å². The number of fused-ring (bicyclic) bond motifs is 1. The molecule has 7 nitrogen and oxygen atoms in total. The Hall–Kier alpha value is -3.48. The largest absolute Gasteiger partial charge is 0.466 e. The Labute approximate surface area is 212 Å². The highest BCUT2D eigenvalue weighted by molar-refractivity contribution is 5.89. The van der Waals surface area contributed by atoms with E-state index in [2.05, 4.69) is 43.7 Å². The summed E-state index contributed by atoms with van der Waals surface area (Å²) in [6, 6.07) is 5.52. The predicted octanol–water partition coefficient (Wildman–Crippen LogP) is 6.23. The van der Waals surface area contributed by atoms with Crippen molar-refractivity contribution in [2.45, 2.75) is 46.6 Å². The van der Waals surface area contributed by atoms with Gasteiger partial charge in [0.1, 0.15) is 6.10 Å². The highest BCUT2D eigenvalue weighted by Gasteiger charge is 2.47. The summed E-state index contributed by atoms with van der Waals surface area (Å²) in [4.78, 5) is 34.9. The molecule has 0 N–H and O–H groups in total. The van der Waals surface area contributed by atoms with E-state index >= 15 is 0 Å². The second-order valence-corrected chi connectivity index (χ2v) is 9.72. The van der Waals surface area contributed by atoms with E-state index in [-0.39, 0.29) is 35.5 Å². The molecule has 1 saturated carbocycles. The van der Waals surface area contributed by atoms with Crippen LogP contribution >= 0.6 is 0 Å². The van der Waals surface area contributed by atoms with Gasteiger partial charge in [-0.3, -0.25) is 10.1 Å². The van der Waals surface area contributed by atoms with Crippen LogP contribution in [0.15, 0.2) is 71.9 Å². The maximum atomic E-state index is 12.9. The molecule has 0 heterocycles. The molecule has 1 aromatic rings. The Balaban J connectivity index is 1.90. The number of hydrogen-bond acceptors (Lipinski definition) is 6. The van der Waals surface area contributed by atoms with Crippen molar-refractivity contribution in [2.75, 3.05) is 7.11 Å². The SMILES string of the molecule is C/C=C(\C)[C@H]1C(C)=C[C@@H]2[C@@H]([C@H]1/C=C/C=C/C(=O)OC)[C@H](C)CC[C@H]2OC(=O)c1ccc([N+](=O)[O-])cc1. The van der Waals surface area contributed by atoms with Gasteiger partial charge < -0.3 is 9.47 Å². The topological polar surface area (TPSA) is 95.7 Å². The van der Waals surface area contributed by atoms with Crippen LogP contribution in [0, 0.1) is 39.7 Å². The minimum Gasteiger partial charge on any atom is -0.466 e. The third-order valence-electron chi connectivity index (χ3n) is 7.61. The van der Waals surface area contributed by atoms with Gasteiger partial charge in [-0.2, -0.15) is 0 Å². The fourth-order valence-electron chi connectivity index (χ4n) is 5.77. The van der Waals surface area contributed by atoms with Crippen LogP contribution in [0.1, 0.15) is 50.9 Å². The number of allylic oxidation sites excluding steroid dienone is 6. The van der Waals surface area contributed by atoms with Gasteiger partial charge in [-0.1, -0.05) is 48.5 Å². The van der Waals surface area contributed by atoms with E-state index in [1.54, 1.807) is 6.08 Å². The smallest absolute Gasteiger partial charge is 0.338 e. The maximum absolute atomic E-state index is 12.9. The molecule has 1 aromatic carbocycles. The van der Waals surface area contributed by atoms with Crippen molar-refractivity contribution in [3.05, 3.63) is 87.5 Å². The molecule has 36 heavy (non-hydrogen) atoms. The molecular formula is C29H35NO6. The maximum Gasteiger partial charge on any atom is 0.338 e. The first-order valence-corrected chi connectivity index (χ1v) is 12.4. The van der Waals surface area contributed by atoms with Crippen molar-refractivity contribution in [3.8, 4) is 0 Å². The summed E-state index contributed by atoms with van der Waals surface area (Å²) >= 11 is 0. The zero-order chi connectivity index (χ0) is 26.4. The molecule has 192 valence electrons. The summed E-state index contributed by atoms with van der Waals surface area (Å²) in [5.74, 6) is 0.257.